The Kier molecular flexibility index (Phi) is 10.2. The molecular weight excluding hydrogens is 771 g/mol. The van der Waals surface area contributed by atoms with Gasteiger partial charge in [-0.25, -0.2) is 0 Å². The van der Waals surface area contributed by atoms with Gasteiger partial charge >= 0.3 is 0 Å². The first kappa shape index (κ1) is 39.9. The maximum Gasteiger partial charge on any atom is 0.0560 e. The molecule has 2 heterocycles. The number of para-hydroxylation sites is 1. The molecule has 0 spiro atoms. The summed E-state index contributed by atoms with van der Waals surface area (Å²) in [5, 5.41) is 7.81. The molecule has 2 aliphatic heterocycles. The van der Waals surface area contributed by atoms with E-state index in [9.17, 15) is 0 Å². The average Bonchev–Trinajstić information content (AvgIpc) is 3.33. The molecule has 0 radical (unpaired) electrons. The minimum atomic E-state index is 0.0251. The number of hydrogen-bond donors (Lipinski definition) is 0. The maximum atomic E-state index is 2.64. The van der Waals surface area contributed by atoms with Crippen molar-refractivity contribution in [2.24, 2.45) is 0 Å². The van der Waals surface area contributed by atoms with Gasteiger partial charge in [-0.05, 0) is 175 Å². The molecule has 312 valence electrons. The predicted octanol–water partition coefficient (Wildman–Crippen LogP) is 17.7. The zero-order valence-electron chi connectivity index (χ0n) is 37.5. The lowest BCUT2D eigenvalue weighted by Gasteiger charge is -2.46. The van der Waals surface area contributed by atoms with Crippen LogP contribution in [-0.2, 0) is 5.41 Å². The molecule has 9 aromatic rings. The summed E-state index contributed by atoms with van der Waals surface area (Å²) in [5.41, 5.74) is 18.0. The third-order valence-electron chi connectivity index (χ3n) is 14.2. The Bertz CT molecular complexity index is 3280. The van der Waals surface area contributed by atoms with Crippen LogP contribution in [0.3, 0.4) is 0 Å². The number of fused-ring (bicyclic) bond motifs is 7. The highest BCUT2D eigenvalue weighted by Gasteiger charge is 2.40. The van der Waals surface area contributed by atoms with Crippen molar-refractivity contribution in [3.63, 3.8) is 0 Å². The van der Waals surface area contributed by atoms with E-state index >= 15 is 0 Å². The summed E-state index contributed by atoms with van der Waals surface area (Å²) < 4.78 is 0. The molecule has 2 bridgehead atoms. The lowest BCUT2D eigenvalue weighted by Crippen LogP contribution is -2.39. The van der Waals surface area contributed by atoms with E-state index in [1.807, 2.05) is 0 Å². The van der Waals surface area contributed by atoms with Gasteiger partial charge in [-0.2, -0.15) is 0 Å². The fourth-order valence-electron chi connectivity index (χ4n) is 11.5. The molecule has 0 N–H and O–H groups in total. The van der Waals surface area contributed by atoms with Crippen LogP contribution in [0.15, 0.2) is 200 Å². The third-order valence-corrected chi connectivity index (χ3v) is 14.2. The van der Waals surface area contributed by atoms with Crippen molar-refractivity contribution in [1.29, 1.82) is 0 Å². The van der Waals surface area contributed by atoms with Crippen LogP contribution in [0.25, 0.3) is 76.8 Å². The molecule has 1 nitrogen and oxygen atoms in total. The van der Waals surface area contributed by atoms with Crippen LogP contribution in [-0.4, -0.2) is 6.04 Å². The topological polar surface area (TPSA) is 3.24 Å². The van der Waals surface area contributed by atoms with E-state index in [2.05, 4.69) is 227 Å². The molecule has 0 saturated heterocycles. The summed E-state index contributed by atoms with van der Waals surface area (Å²) in [5.74, 6) is 0. The minimum absolute atomic E-state index is 0.0251. The van der Waals surface area contributed by atoms with E-state index in [1.165, 1.54) is 110 Å². The number of nitrogens with zero attached hydrogens (tertiary/aromatic N) is 1. The van der Waals surface area contributed by atoms with Crippen molar-refractivity contribution in [3.8, 4) is 44.5 Å². The predicted molar refractivity (Wildman–Crippen MR) is 276 cm³/mol. The first-order chi connectivity index (χ1) is 31.4. The lowest BCUT2D eigenvalue weighted by atomic mass is 9.65. The normalized spacial score (nSPS) is 15.3. The van der Waals surface area contributed by atoms with Gasteiger partial charge in [0.1, 0.15) is 0 Å². The SMILES string of the molecule is CCCC1(CCC)C2=CCC(C=C2)N(c2cc(C)cc(-c3cccc(-c4cccc(-c5cc(C)cc(-c6ccc7c8ccccc8c8ccccc8c7c6)c5)c4)c3)c2)c2ccccc21. The highest BCUT2D eigenvalue weighted by Crippen LogP contribution is 2.51. The summed E-state index contributed by atoms with van der Waals surface area (Å²) in [7, 11) is 0. The Balaban J connectivity index is 0.948. The molecule has 0 amide bonds. The first-order valence-electron chi connectivity index (χ1n) is 23.5. The van der Waals surface area contributed by atoms with Gasteiger partial charge in [0.15, 0.2) is 0 Å². The summed E-state index contributed by atoms with van der Waals surface area (Å²) in [6.07, 6.45) is 13.1. The zero-order valence-corrected chi connectivity index (χ0v) is 37.5. The second-order valence-corrected chi connectivity index (χ2v) is 18.4. The standard InChI is InChI=1S/C63H55N/c1-5-31-63(32-6-2)52-26-28-53(29-27-52)64(62-24-12-11-23-61(62)63)54-36-43(4)35-51(40-54)47-18-14-16-45(38-47)44-15-13-17-46(37-44)49-33-42(3)34-50(39-49)48-25-30-59-57-21-8-7-19-55(57)56-20-9-10-22-58(56)60(59)41-48/h7-28,30,33-41,53H,5-6,29,31-32H2,1-4H3. The number of hydrogen-bond acceptors (Lipinski definition) is 1. The molecule has 9 aromatic carbocycles. The van der Waals surface area contributed by atoms with Crippen LogP contribution in [0.2, 0.25) is 0 Å². The van der Waals surface area contributed by atoms with Crippen molar-refractivity contribution in [3.05, 3.63) is 216 Å². The number of rotatable bonds is 9. The van der Waals surface area contributed by atoms with Gasteiger partial charge in [0.05, 0.1) is 6.04 Å². The van der Waals surface area contributed by atoms with E-state index in [0.717, 1.165) is 32.1 Å². The lowest BCUT2D eigenvalue weighted by molar-refractivity contribution is 0.418. The molecule has 3 aliphatic rings. The second-order valence-electron chi connectivity index (χ2n) is 18.4. The van der Waals surface area contributed by atoms with Gasteiger partial charge in [0.2, 0.25) is 0 Å². The number of allylic oxidation sites excluding steroid dienone is 2. The fourth-order valence-corrected chi connectivity index (χ4v) is 11.5. The quantitative estimate of drug-likeness (QED) is 0.131. The maximum absolute atomic E-state index is 2.64. The molecule has 1 atom stereocenters. The van der Waals surface area contributed by atoms with E-state index in [4.69, 9.17) is 0 Å². The molecule has 1 aliphatic carbocycles. The van der Waals surface area contributed by atoms with Crippen molar-refractivity contribution >= 4 is 43.7 Å². The Labute approximate surface area is 379 Å². The van der Waals surface area contributed by atoms with E-state index < -0.39 is 0 Å². The number of anilines is 2. The summed E-state index contributed by atoms with van der Waals surface area (Å²) >= 11 is 0. The molecule has 1 unspecified atom stereocenters. The molecule has 12 rings (SSSR count). The van der Waals surface area contributed by atoms with Gasteiger partial charge in [0, 0.05) is 16.8 Å². The van der Waals surface area contributed by atoms with Gasteiger partial charge in [-0.1, -0.05) is 178 Å². The van der Waals surface area contributed by atoms with Gasteiger partial charge in [-0.3, -0.25) is 0 Å². The Morgan fingerprint density at radius 2 is 0.938 bits per heavy atom. The summed E-state index contributed by atoms with van der Waals surface area (Å²) in [6.45, 7) is 9.16. The zero-order chi connectivity index (χ0) is 43.4. The molecular formula is C63H55N. The summed E-state index contributed by atoms with van der Waals surface area (Å²) in [4.78, 5) is 2.64. The molecule has 0 fully saturated rings. The van der Waals surface area contributed by atoms with Crippen molar-refractivity contribution < 1.29 is 0 Å². The van der Waals surface area contributed by atoms with Crippen LogP contribution in [0.5, 0.6) is 0 Å². The number of benzene rings is 9. The van der Waals surface area contributed by atoms with Crippen LogP contribution in [0.1, 0.15) is 62.6 Å². The number of aryl methyl sites for hydroxylation is 2. The first-order valence-corrected chi connectivity index (χ1v) is 23.5. The Morgan fingerprint density at radius 1 is 0.453 bits per heavy atom. The Hall–Kier alpha value is -6.96. The fraction of sp³-hybridized carbons (Fsp3) is 0.175. The largest absolute Gasteiger partial charge is 0.334 e. The molecule has 0 aromatic heterocycles. The van der Waals surface area contributed by atoms with Gasteiger partial charge in [-0.15, -0.1) is 0 Å². The van der Waals surface area contributed by atoms with Crippen molar-refractivity contribution in [2.75, 3.05) is 4.90 Å². The summed E-state index contributed by atoms with van der Waals surface area (Å²) in [6, 6.07) is 66.7. The third kappa shape index (κ3) is 6.86. The highest BCUT2D eigenvalue weighted by molar-refractivity contribution is 6.25. The molecule has 0 saturated carbocycles. The van der Waals surface area contributed by atoms with E-state index in [0.29, 0.717) is 0 Å². The molecule has 1 heteroatoms. The van der Waals surface area contributed by atoms with Crippen LogP contribution in [0.4, 0.5) is 11.4 Å². The van der Waals surface area contributed by atoms with E-state index in [1.54, 1.807) is 0 Å². The molecule has 64 heavy (non-hydrogen) atoms. The Morgan fingerprint density at radius 3 is 1.52 bits per heavy atom. The second kappa shape index (κ2) is 16.3. The van der Waals surface area contributed by atoms with Crippen LogP contribution < -0.4 is 4.90 Å². The minimum Gasteiger partial charge on any atom is -0.334 e. The van der Waals surface area contributed by atoms with Crippen LogP contribution >= 0.6 is 0 Å². The average molecular weight is 826 g/mol. The van der Waals surface area contributed by atoms with Gasteiger partial charge in [0.25, 0.3) is 0 Å². The van der Waals surface area contributed by atoms with Gasteiger partial charge < -0.3 is 4.90 Å². The monoisotopic (exact) mass is 825 g/mol. The van der Waals surface area contributed by atoms with Crippen molar-refractivity contribution in [1.82, 2.24) is 0 Å². The highest BCUT2D eigenvalue weighted by atomic mass is 15.2. The van der Waals surface area contributed by atoms with E-state index in [-0.39, 0.29) is 11.5 Å². The van der Waals surface area contributed by atoms with Crippen molar-refractivity contribution in [2.45, 2.75) is 71.3 Å². The smallest absolute Gasteiger partial charge is 0.0560 e. The van der Waals surface area contributed by atoms with Crippen LogP contribution in [0, 0.1) is 13.8 Å².